The highest BCUT2D eigenvalue weighted by Gasteiger charge is 2.18. The molecule has 3 rings (SSSR count). The molecule has 0 aliphatic rings. The number of fused-ring (bicyclic) bond motifs is 1. The number of benzene rings is 2. The van der Waals surface area contributed by atoms with Crippen LogP contribution in [0.4, 0.5) is 0 Å². The van der Waals surface area contributed by atoms with E-state index in [4.69, 9.17) is 5.11 Å². The number of hydrogen-bond donors (Lipinski definition) is 3. The molecule has 1 aromatic heterocycles. The Balaban J connectivity index is 2.17. The Labute approximate surface area is 155 Å². The minimum atomic E-state index is -1.66. The second-order valence-electron chi connectivity index (χ2n) is 6.41. The summed E-state index contributed by atoms with van der Waals surface area (Å²) in [6.45, 7) is 4.52. The van der Waals surface area contributed by atoms with E-state index in [-0.39, 0.29) is 11.3 Å². The number of phenolic OH excluding ortho intramolecular Hbond substituents is 1. The van der Waals surface area contributed by atoms with Crippen LogP contribution in [0, 0.1) is 13.8 Å². The van der Waals surface area contributed by atoms with Crippen molar-refractivity contribution in [3.63, 3.8) is 0 Å². The SMILES string of the molecule is Cc1cccc(C)c1Cn1cc(C(O)=CC(=O)C(=O)O)c2c(O)cccc21. The molecule has 27 heavy (non-hydrogen) atoms. The standard InChI is InChI=1S/C21H19NO5/c1-12-5-3-6-13(2)14(12)10-22-11-15(18(24)9-19(25)21(26)27)20-16(22)7-4-8-17(20)23/h3-9,11,23-24H,10H2,1-2H3,(H,26,27). The number of carbonyl (C=O) groups is 2. The maximum absolute atomic E-state index is 11.4. The van der Waals surface area contributed by atoms with Crippen molar-refractivity contribution in [3.8, 4) is 5.75 Å². The lowest BCUT2D eigenvalue weighted by Gasteiger charge is -2.12. The molecular weight excluding hydrogens is 346 g/mol. The number of carboxylic acid groups (broad SMARTS) is 1. The highest BCUT2D eigenvalue weighted by Crippen LogP contribution is 2.34. The van der Waals surface area contributed by atoms with Crippen LogP contribution in [0.2, 0.25) is 0 Å². The van der Waals surface area contributed by atoms with Gasteiger partial charge in [0.2, 0.25) is 0 Å². The second kappa shape index (κ2) is 6.99. The molecule has 3 aromatic rings. The van der Waals surface area contributed by atoms with Crippen LogP contribution in [0.5, 0.6) is 5.75 Å². The van der Waals surface area contributed by atoms with Crippen LogP contribution >= 0.6 is 0 Å². The third kappa shape index (κ3) is 3.42. The van der Waals surface area contributed by atoms with Crippen LogP contribution in [-0.2, 0) is 16.1 Å². The monoisotopic (exact) mass is 365 g/mol. The number of carbonyl (C=O) groups excluding carboxylic acids is 1. The molecule has 6 heteroatoms. The van der Waals surface area contributed by atoms with Gasteiger partial charge in [-0.25, -0.2) is 4.79 Å². The van der Waals surface area contributed by atoms with Gasteiger partial charge in [-0.15, -0.1) is 0 Å². The predicted molar refractivity (Wildman–Crippen MR) is 102 cm³/mol. The summed E-state index contributed by atoms with van der Waals surface area (Å²) in [5.74, 6) is -3.47. The number of aliphatic hydroxyl groups excluding tert-OH is 1. The summed E-state index contributed by atoms with van der Waals surface area (Å²) in [6, 6.07) is 10.9. The molecular formula is C21H19NO5. The lowest BCUT2D eigenvalue weighted by atomic mass is 10.0. The number of aromatic hydroxyl groups is 1. The molecule has 1 heterocycles. The highest BCUT2D eigenvalue weighted by atomic mass is 16.4. The van der Waals surface area contributed by atoms with E-state index in [1.807, 2.05) is 36.6 Å². The van der Waals surface area contributed by atoms with E-state index < -0.39 is 17.5 Å². The van der Waals surface area contributed by atoms with Crippen LogP contribution in [0.1, 0.15) is 22.3 Å². The Morgan fingerprint density at radius 1 is 1.04 bits per heavy atom. The Hall–Kier alpha value is -3.54. The summed E-state index contributed by atoms with van der Waals surface area (Å²) in [5, 5.41) is 29.7. The topological polar surface area (TPSA) is 99.8 Å². The molecule has 0 amide bonds. The summed E-state index contributed by atoms with van der Waals surface area (Å²) in [6.07, 6.45) is 2.25. The summed E-state index contributed by atoms with van der Waals surface area (Å²) >= 11 is 0. The van der Waals surface area contributed by atoms with Gasteiger partial charge in [0, 0.05) is 24.4 Å². The van der Waals surface area contributed by atoms with Gasteiger partial charge in [-0.3, -0.25) is 4.79 Å². The minimum Gasteiger partial charge on any atom is -0.507 e. The molecule has 0 atom stereocenters. The first-order valence-corrected chi connectivity index (χ1v) is 8.33. The average molecular weight is 365 g/mol. The Bertz CT molecular complexity index is 1070. The average Bonchev–Trinajstić information content (AvgIpc) is 2.98. The van der Waals surface area contributed by atoms with E-state index in [2.05, 4.69) is 0 Å². The molecule has 0 unspecified atom stereocenters. The van der Waals surface area contributed by atoms with Crippen LogP contribution in [-0.4, -0.2) is 31.6 Å². The van der Waals surface area contributed by atoms with E-state index in [9.17, 15) is 19.8 Å². The molecule has 2 aromatic carbocycles. The molecule has 0 spiro atoms. The summed E-state index contributed by atoms with van der Waals surface area (Å²) < 4.78 is 1.86. The van der Waals surface area contributed by atoms with Crippen LogP contribution in [0.3, 0.4) is 0 Å². The van der Waals surface area contributed by atoms with Crippen molar-refractivity contribution >= 4 is 28.4 Å². The highest BCUT2D eigenvalue weighted by molar-refractivity contribution is 6.38. The third-order valence-corrected chi connectivity index (χ3v) is 4.61. The van der Waals surface area contributed by atoms with Gasteiger partial charge < -0.3 is 19.9 Å². The van der Waals surface area contributed by atoms with Gasteiger partial charge in [-0.1, -0.05) is 24.3 Å². The number of rotatable bonds is 5. The smallest absolute Gasteiger partial charge is 0.376 e. The summed E-state index contributed by atoms with van der Waals surface area (Å²) in [7, 11) is 0. The van der Waals surface area contributed by atoms with Gasteiger partial charge in [-0.05, 0) is 42.7 Å². The number of ketones is 1. The number of phenols is 1. The molecule has 0 fully saturated rings. The zero-order valence-electron chi connectivity index (χ0n) is 14.9. The number of hydrogen-bond acceptors (Lipinski definition) is 4. The zero-order chi connectivity index (χ0) is 19.7. The fourth-order valence-corrected chi connectivity index (χ4v) is 3.19. The zero-order valence-corrected chi connectivity index (χ0v) is 14.9. The normalized spacial score (nSPS) is 11.7. The van der Waals surface area contributed by atoms with Crippen LogP contribution in [0.15, 0.2) is 48.7 Å². The van der Waals surface area contributed by atoms with Gasteiger partial charge in [0.25, 0.3) is 5.78 Å². The van der Waals surface area contributed by atoms with Gasteiger partial charge in [0.1, 0.15) is 11.5 Å². The van der Waals surface area contributed by atoms with Crippen molar-refractivity contribution in [2.24, 2.45) is 0 Å². The van der Waals surface area contributed by atoms with Crippen LogP contribution < -0.4 is 0 Å². The Kier molecular flexibility index (Phi) is 4.73. The molecule has 0 saturated carbocycles. The number of carboxylic acids is 1. The molecule has 0 radical (unpaired) electrons. The van der Waals surface area contributed by atoms with E-state index >= 15 is 0 Å². The number of nitrogens with zero attached hydrogens (tertiary/aromatic N) is 1. The quantitative estimate of drug-likeness (QED) is 0.365. The molecule has 0 aliphatic heterocycles. The summed E-state index contributed by atoms with van der Waals surface area (Å²) in [4.78, 5) is 22.2. The number of aliphatic hydroxyl groups is 1. The fraction of sp³-hybridized carbons (Fsp3) is 0.143. The lowest BCUT2D eigenvalue weighted by Crippen LogP contribution is -2.09. The molecule has 138 valence electrons. The van der Waals surface area contributed by atoms with Crippen molar-refractivity contribution in [2.45, 2.75) is 20.4 Å². The Morgan fingerprint density at radius 2 is 1.67 bits per heavy atom. The third-order valence-electron chi connectivity index (χ3n) is 4.61. The van der Waals surface area contributed by atoms with Crippen molar-refractivity contribution in [1.82, 2.24) is 4.57 Å². The van der Waals surface area contributed by atoms with Crippen molar-refractivity contribution in [1.29, 1.82) is 0 Å². The van der Waals surface area contributed by atoms with E-state index in [1.165, 1.54) is 6.07 Å². The fourth-order valence-electron chi connectivity index (χ4n) is 3.19. The maximum atomic E-state index is 11.4. The van der Waals surface area contributed by atoms with Gasteiger partial charge >= 0.3 is 5.97 Å². The number of aromatic nitrogens is 1. The van der Waals surface area contributed by atoms with E-state index in [0.29, 0.717) is 23.5 Å². The minimum absolute atomic E-state index is 0.0644. The molecule has 6 nitrogen and oxygen atoms in total. The van der Waals surface area contributed by atoms with Crippen molar-refractivity contribution < 1.29 is 24.9 Å². The maximum Gasteiger partial charge on any atom is 0.376 e. The van der Waals surface area contributed by atoms with Gasteiger partial charge in [0.15, 0.2) is 0 Å². The Morgan fingerprint density at radius 3 is 2.30 bits per heavy atom. The largest absolute Gasteiger partial charge is 0.507 e. The van der Waals surface area contributed by atoms with Crippen molar-refractivity contribution in [2.75, 3.05) is 0 Å². The van der Waals surface area contributed by atoms with Crippen LogP contribution in [0.25, 0.3) is 16.7 Å². The lowest BCUT2D eigenvalue weighted by molar-refractivity contribution is -0.146. The van der Waals surface area contributed by atoms with Gasteiger partial charge in [0.05, 0.1) is 10.9 Å². The molecule has 3 N–H and O–H groups in total. The van der Waals surface area contributed by atoms with Gasteiger partial charge in [-0.2, -0.15) is 0 Å². The first kappa shape index (κ1) is 18.3. The molecule has 0 aliphatic carbocycles. The van der Waals surface area contributed by atoms with Crippen molar-refractivity contribution in [3.05, 3.63) is 70.9 Å². The number of aliphatic carboxylic acids is 1. The molecule has 0 bridgehead atoms. The first-order valence-electron chi connectivity index (χ1n) is 8.33. The second-order valence-corrected chi connectivity index (χ2v) is 6.41. The van der Waals surface area contributed by atoms with E-state index in [0.717, 1.165) is 16.7 Å². The molecule has 0 saturated heterocycles. The van der Waals surface area contributed by atoms with E-state index in [1.54, 1.807) is 18.3 Å². The summed E-state index contributed by atoms with van der Waals surface area (Å²) in [5.41, 5.74) is 4.19. The first-order chi connectivity index (χ1) is 12.8. The number of aryl methyl sites for hydroxylation is 2. The predicted octanol–water partition coefficient (Wildman–Crippen LogP) is 3.56.